The number of halogens is 1. The lowest BCUT2D eigenvalue weighted by atomic mass is 10.2. The molecule has 3 rings (SSSR count). The second-order valence-corrected chi connectivity index (χ2v) is 8.21. The summed E-state index contributed by atoms with van der Waals surface area (Å²) in [6.45, 7) is 3.19. The van der Waals surface area contributed by atoms with Crippen LogP contribution in [0.2, 0.25) is 0 Å². The summed E-state index contributed by atoms with van der Waals surface area (Å²) >= 11 is 0. The number of hydrogen-bond acceptors (Lipinski definition) is 5. The largest absolute Gasteiger partial charge is 0.484 e. The average molecular weight is 443 g/mol. The lowest BCUT2D eigenvalue weighted by Gasteiger charge is -2.35. The van der Waals surface area contributed by atoms with Crippen LogP contribution in [0.15, 0.2) is 48.5 Å². The first-order valence-corrected chi connectivity index (χ1v) is 10.7. The molecular formula is C24H31FN4O3. The van der Waals surface area contributed by atoms with Crippen LogP contribution in [0.1, 0.15) is 5.56 Å². The van der Waals surface area contributed by atoms with E-state index in [1.54, 1.807) is 9.80 Å². The minimum Gasteiger partial charge on any atom is -0.484 e. The zero-order valence-electron chi connectivity index (χ0n) is 19.0. The van der Waals surface area contributed by atoms with Crippen LogP contribution in [-0.2, 0) is 16.1 Å². The standard InChI is InChI=1S/C24H31FN4O3/c1-26(2)21-8-4-19(5-9-21)16-27(3)23(30)17-28-12-14-29(15-13-28)24(31)18-32-22-10-6-20(25)7-11-22/h4-11H,12-18H2,1-3H3. The molecule has 7 nitrogen and oxygen atoms in total. The van der Waals surface area contributed by atoms with Crippen LogP contribution in [0.3, 0.4) is 0 Å². The molecule has 0 N–H and O–H groups in total. The Morgan fingerprint density at radius 3 is 2.16 bits per heavy atom. The molecule has 0 saturated carbocycles. The van der Waals surface area contributed by atoms with Gasteiger partial charge in [-0.25, -0.2) is 4.39 Å². The van der Waals surface area contributed by atoms with Crippen LogP contribution in [-0.4, -0.2) is 87.0 Å². The molecule has 8 heteroatoms. The molecule has 0 aromatic heterocycles. The number of amides is 2. The number of nitrogens with zero attached hydrogens (tertiary/aromatic N) is 4. The number of benzene rings is 2. The fourth-order valence-electron chi connectivity index (χ4n) is 3.50. The van der Waals surface area contributed by atoms with Crippen LogP contribution in [0.5, 0.6) is 5.75 Å². The summed E-state index contributed by atoms with van der Waals surface area (Å²) in [5, 5.41) is 0. The molecule has 0 bridgehead atoms. The average Bonchev–Trinajstić information content (AvgIpc) is 2.79. The minimum atomic E-state index is -0.345. The number of piperazine rings is 1. The van der Waals surface area contributed by atoms with E-state index in [9.17, 15) is 14.0 Å². The minimum absolute atomic E-state index is 0.0566. The van der Waals surface area contributed by atoms with Gasteiger partial charge in [0.1, 0.15) is 11.6 Å². The number of hydrogen-bond donors (Lipinski definition) is 0. The van der Waals surface area contributed by atoms with Gasteiger partial charge in [-0.1, -0.05) is 12.1 Å². The van der Waals surface area contributed by atoms with E-state index in [1.165, 1.54) is 24.3 Å². The molecule has 1 aliphatic heterocycles. The van der Waals surface area contributed by atoms with E-state index in [1.807, 2.05) is 50.3 Å². The second kappa shape index (κ2) is 10.9. The highest BCUT2D eigenvalue weighted by molar-refractivity contribution is 5.79. The van der Waals surface area contributed by atoms with E-state index in [-0.39, 0.29) is 24.2 Å². The van der Waals surface area contributed by atoms with Gasteiger partial charge in [-0.3, -0.25) is 14.5 Å². The summed E-state index contributed by atoms with van der Waals surface area (Å²) in [4.78, 5) is 32.6. The Bertz CT molecular complexity index is 894. The van der Waals surface area contributed by atoms with E-state index in [2.05, 4.69) is 4.90 Å². The number of ether oxygens (including phenoxy) is 1. The summed E-state index contributed by atoms with van der Waals surface area (Å²) in [6, 6.07) is 13.8. The highest BCUT2D eigenvalue weighted by Crippen LogP contribution is 2.14. The van der Waals surface area contributed by atoms with Crippen molar-refractivity contribution in [2.75, 3.05) is 65.4 Å². The lowest BCUT2D eigenvalue weighted by molar-refractivity contribution is -0.136. The number of likely N-dealkylation sites (N-methyl/N-ethyl adjacent to an activating group) is 1. The topological polar surface area (TPSA) is 56.3 Å². The van der Waals surface area contributed by atoms with Gasteiger partial charge < -0.3 is 19.4 Å². The predicted molar refractivity (Wildman–Crippen MR) is 122 cm³/mol. The van der Waals surface area contributed by atoms with E-state index < -0.39 is 0 Å². The molecule has 172 valence electrons. The molecule has 0 aliphatic carbocycles. The molecule has 1 fully saturated rings. The molecule has 2 aromatic carbocycles. The molecule has 0 spiro atoms. The molecule has 1 aliphatic rings. The smallest absolute Gasteiger partial charge is 0.260 e. The third-order valence-corrected chi connectivity index (χ3v) is 5.56. The maximum absolute atomic E-state index is 12.9. The van der Waals surface area contributed by atoms with Crippen molar-refractivity contribution in [3.63, 3.8) is 0 Å². The van der Waals surface area contributed by atoms with Crippen LogP contribution < -0.4 is 9.64 Å². The van der Waals surface area contributed by atoms with Gasteiger partial charge in [0.05, 0.1) is 6.54 Å². The van der Waals surface area contributed by atoms with Crippen molar-refractivity contribution < 1.29 is 18.7 Å². The van der Waals surface area contributed by atoms with Gasteiger partial charge in [-0.15, -0.1) is 0 Å². The lowest BCUT2D eigenvalue weighted by Crippen LogP contribution is -2.52. The number of rotatable bonds is 8. The van der Waals surface area contributed by atoms with Crippen molar-refractivity contribution in [1.82, 2.24) is 14.7 Å². The van der Waals surface area contributed by atoms with Crippen LogP contribution in [0.25, 0.3) is 0 Å². The molecule has 32 heavy (non-hydrogen) atoms. The van der Waals surface area contributed by atoms with Gasteiger partial charge in [0, 0.05) is 59.6 Å². The Morgan fingerprint density at radius 1 is 0.938 bits per heavy atom. The SMILES string of the molecule is CN(Cc1ccc(N(C)C)cc1)C(=O)CN1CCN(C(=O)COc2ccc(F)cc2)CC1. The molecule has 2 aromatic rings. The zero-order chi connectivity index (χ0) is 23.1. The molecule has 2 amide bonds. The van der Waals surface area contributed by atoms with Gasteiger partial charge in [0.15, 0.2) is 6.61 Å². The zero-order valence-corrected chi connectivity index (χ0v) is 19.0. The predicted octanol–water partition coefficient (Wildman–Crippen LogP) is 2.07. The molecule has 0 radical (unpaired) electrons. The van der Waals surface area contributed by atoms with Crippen molar-refractivity contribution in [2.24, 2.45) is 0 Å². The number of anilines is 1. The van der Waals surface area contributed by atoms with E-state index >= 15 is 0 Å². The van der Waals surface area contributed by atoms with Crippen molar-refractivity contribution in [3.05, 3.63) is 59.9 Å². The molecular weight excluding hydrogens is 411 g/mol. The fraction of sp³-hybridized carbons (Fsp3) is 0.417. The monoisotopic (exact) mass is 442 g/mol. The quantitative estimate of drug-likeness (QED) is 0.627. The second-order valence-electron chi connectivity index (χ2n) is 8.21. The van der Waals surface area contributed by atoms with Crippen LogP contribution in [0.4, 0.5) is 10.1 Å². The molecule has 0 atom stereocenters. The first-order valence-electron chi connectivity index (χ1n) is 10.7. The third-order valence-electron chi connectivity index (χ3n) is 5.56. The molecule has 1 heterocycles. The summed E-state index contributed by atoms with van der Waals surface area (Å²) in [5.41, 5.74) is 2.21. The van der Waals surface area contributed by atoms with Gasteiger partial charge in [-0.05, 0) is 42.0 Å². The van der Waals surface area contributed by atoms with Crippen LogP contribution >= 0.6 is 0 Å². The first-order chi connectivity index (χ1) is 15.3. The van der Waals surface area contributed by atoms with Crippen molar-refractivity contribution in [1.29, 1.82) is 0 Å². The summed E-state index contributed by atoms with van der Waals surface area (Å²) < 4.78 is 18.4. The van der Waals surface area contributed by atoms with E-state index in [0.29, 0.717) is 45.0 Å². The Morgan fingerprint density at radius 2 is 1.56 bits per heavy atom. The van der Waals surface area contributed by atoms with Crippen molar-refractivity contribution in [3.8, 4) is 5.75 Å². The number of carbonyl (C=O) groups is 2. The van der Waals surface area contributed by atoms with Crippen molar-refractivity contribution in [2.45, 2.75) is 6.54 Å². The highest BCUT2D eigenvalue weighted by atomic mass is 19.1. The summed E-state index contributed by atoms with van der Waals surface area (Å²) in [7, 11) is 5.81. The Balaban J connectivity index is 1.39. The first kappa shape index (κ1) is 23.5. The van der Waals surface area contributed by atoms with Crippen LogP contribution in [0, 0.1) is 5.82 Å². The molecule has 1 saturated heterocycles. The maximum Gasteiger partial charge on any atom is 0.260 e. The van der Waals surface area contributed by atoms with Gasteiger partial charge in [-0.2, -0.15) is 0 Å². The van der Waals surface area contributed by atoms with E-state index in [4.69, 9.17) is 4.74 Å². The number of carbonyl (C=O) groups excluding carboxylic acids is 2. The van der Waals surface area contributed by atoms with Crippen molar-refractivity contribution >= 4 is 17.5 Å². The fourth-order valence-corrected chi connectivity index (χ4v) is 3.50. The highest BCUT2D eigenvalue weighted by Gasteiger charge is 2.23. The van der Waals surface area contributed by atoms with Gasteiger partial charge in [0.25, 0.3) is 5.91 Å². The maximum atomic E-state index is 12.9. The Kier molecular flexibility index (Phi) is 8.05. The van der Waals surface area contributed by atoms with E-state index in [0.717, 1.165) is 11.3 Å². The summed E-state index contributed by atoms with van der Waals surface area (Å²) in [5.74, 6) is 0.0605. The normalized spacial score (nSPS) is 14.2. The Hall–Kier alpha value is -3.13. The van der Waals surface area contributed by atoms with Gasteiger partial charge in [0.2, 0.25) is 5.91 Å². The summed E-state index contributed by atoms with van der Waals surface area (Å²) in [6.07, 6.45) is 0. The van der Waals surface area contributed by atoms with Gasteiger partial charge >= 0.3 is 0 Å². The third kappa shape index (κ3) is 6.68. The molecule has 0 unspecified atom stereocenters. The Labute approximate surface area is 189 Å².